The monoisotopic (exact) mass is 336 g/mol. The summed E-state index contributed by atoms with van der Waals surface area (Å²) in [5.74, 6) is -1.30. The lowest BCUT2D eigenvalue weighted by molar-refractivity contribution is -0.170. The van der Waals surface area contributed by atoms with Gasteiger partial charge in [0.15, 0.2) is 12.2 Å². The number of ether oxygens (including phenoxy) is 1. The first kappa shape index (κ1) is 17.3. The maximum atomic E-state index is 11.9. The summed E-state index contributed by atoms with van der Waals surface area (Å²) in [4.78, 5) is 23.7. The number of anilines is 1. The van der Waals surface area contributed by atoms with Crippen LogP contribution in [0, 0.1) is 11.3 Å². The van der Waals surface area contributed by atoms with Gasteiger partial charge in [-0.15, -0.1) is 0 Å². The molecule has 2 N–H and O–H groups in total. The van der Waals surface area contributed by atoms with Crippen LogP contribution in [-0.4, -0.2) is 29.2 Å². The highest BCUT2D eigenvalue weighted by molar-refractivity contribution is 6.32. The van der Waals surface area contributed by atoms with E-state index in [0.29, 0.717) is 24.1 Å². The van der Waals surface area contributed by atoms with Crippen LogP contribution in [0.2, 0.25) is 5.02 Å². The van der Waals surface area contributed by atoms with E-state index in [0.717, 1.165) is 19.3 Å². The maximum Gasteiger partial charge on any atom is 0.338 e. The van der Waals surface area contributed by atoms with E-state index in [1.165, 1.54) is 18.2 Å². The number of aliphatic hydroxyl groups is 1. The highest BCUT2D eigenvalue weighted by Gasteiger charge is 2.38. The minimum absolute atomic E-state index is 0.221. The molecular weight excluding hydrogens is 320 g/mol. The van der Waals surface area contributed by atoms with Gasteiger partial charge in [-0.3, -0.25) is 4.79 Å². The normalized spacial score (nSPS) is 16.2. The number of esters is 1. The number of nitrogens with one attached hydrogen (secondary N) is 1. The lowest BCUT2D eigenvalue weighted by Gasteiger charge is -2.29. The summed E-state index contributed by atoms with van der Waals surface area (Å²) in [6.45, 7) is -0.487. The van der Waals surface area contributed by atoms with Crippen LogP contribution in [0.1, 0.15) is 37.7 Å². The molecule has 0 saturated heterocycles. The van der Waals surface area contributed by atoms with Gasteiger partial charge in [0.25, 0.3) is 5.91 Å². The third kappa shape index (κ3) is 4.44. The SMILES string of the molecule is N#Cc1ccc(NC(=O)COC(=O)C2(O)CCCCC2)cc1Cl. The Morgan fingerprint density at radius 1 is 1.35 bits per heavy atom. The van der Waals surface area contributed by atoms with Crippen molar-refractivity contribution in [2.75, 3.05) is 11.9 Å². The number of hydrogen-bond acceptors (Lipinski definition) is 5. The van der Waals surface area contributed by atoms with E-state index < -0.39 is 24.1 Å². The molecule has 0 heterocycles. The number of halogens is 1. The third-order valence-corrected chi connectivity index (χ3v) is 4.08. The fraction of sp³-hybridized carbons (Fsp3) is 0.438. The van der Waals surface area contributed by atoms with Crippen molar-refractivity contribution in [3.05, 3.63) is 28.8 Å². The van der Waals surface area contributed by atoms with Crippen LogP contribution < -0.4 is 5.32 Å². The molecule has 1 amide bonds. The van der Waals surface area contributed by atoms with E-state index in [4.69, 9.17) is 21.6 Å². The van der Waals surface area contributed by atoms with Crippen LogP contribution in [0.15, 0.2) is 18.2 Å². The van der Waals surface area contributed by atoms with E-state index in [9.17, 15) is 14.7 Å². The quantitative estimate of drug-likeness (QED) is 0.822. The molecule has 0 radical (unpaired) electrons. The number of benzene rings is 1. The molecule has 1 aliphatic carbocycles. The predicted molar refractivity (Wildman–Crippen MR) is 83.8 cm³/mol. The van der Waals surface area contributed by atoms with Gasteiger partial charge >= 0.3 is 5.97 Å². The topological polar surface area (TPSA) is 99.4 Å². The van der Waals surface area contributed by atoms with Crippen LogP contribution in [0.5, 0.6) is 0 Å². The Balaban J connectivity index is 1.86. The lowest BCUT2D eigenvalue weighted by Crippen LogP contribution is -2.42. The molecule has 0 bridgehead atoms. The van der Waals surface area contributed by atoms with Crippen molar-refractivity contribution in [1.29, 1.82) is 5.26 Å². The van der Waals surface area contributed by atoms with Crippen LogP contribution in [0.25, 0.3) is 0 Å². The smallest absolute Gasteiger partial charge is 0.338 e. The average Bonchev–Trinajstić information content (AvgIpc) is 2.53. The van der Waals surface area contributed by atoms with Gasteiger partial charge in [0, 0.05) is 5.69 Å². The van der Waals surface area contributed by atoms with Crippen molar-refractivity contribution in [2.24, 2.45) is 0 Å². The molecule has 1 aromatic carbocycles. The number of nitrogens with zero attached hydrogens (tertiary/aromatic N) is 1. The Hall–Kier alpha value is -2.10. The van der Waals surface area contributed by atoms with Crippen LogP contribution >= 0.6 is 11.6 Å². The fourth-order valence-corrected chi connectivity index (χ4v) is 2.71. The van der Waals surface area contributed by atoms with E-state index in [1.807, 2.05) is 6.07 Å². The summed E-state index contributed by atoms with van der Waals surface area (Å²) < 4.78 is 4.91. The first-order chi connectivity index (χ1) is 10.9. The lowest BCUT2D eigenvalue weighted by atomic mass is 9.85. The van der Waals surface area contributed by atoms with E-state index in [-0.39, 0.29) is 5.02 Å². The summed E-state index contributed by atoms with van der Waals surface area (Å²) >= 11 is 5.87. The molecule has 2 rings (SSSR count). The van der Waals surface area contributed by atoms with Crippen molar-refractivity contribution in [1.82, 2.24) is 0 Å². The molecule has 0 aromatic heterocycles. The standard InChI is InChI=1S/C16H17ClN2O4/c17-13-8-12(5-4-11(13)9-18)19-14(20)10-23-15(21)16(22)6-2-1-3-7-16/h4-5,8,22H,1-3,6-7,10H2,(H,19,20). The highest BCUT2D eigenvalue weighted by Crippen LogP contribution is 2.29. The molecule has 23 heavy (non-hydrogen) atoms. The molecule has 1 aromatic rings. The summed E-state index contributed by atoms with van der Waals surface area (Å²) in [6, 6.07) is 6.36. The summed E-state index contributed by atoms with van der Waals surface area (Å²) in [5, 5.41) is 21.7. The Labute approximate surface area is 139 Å². The van der Waals surface area contributed by atoms with Gasteiger partial charge in [0.2, 0.25) is 0 Å². The molecule has 0 unspecified atom stereocenters. The van der Waals surface area contributed by atoms with Crippen molar-refractivity contribution >= 4 is 29.2 Å². The number of nitriles is 1. The zero-order valence-corrected chi connectivity index (χ0v) is 13.2. The Bertz CT molecular complexity index is 648. The Morgan fingerprint density at radius 2 is 2.04 bits per heavy atom. The molecule has 7 heteroatoms. The fourth-order valence-electron chi connectivity index (χ4n) is 2.49. The van der Waals surface area contributed by atoms with Gasteiger partial charge < -0.3 is 15.2 Å². The van der Waals surface area contributed by atoms with Crippen molar-refractivity contribution in [3.8, 4) is 6.07 Å². The minimum atomic E-state index is -1.48. The minimum Gasteiger partial charge on any atom is -0.453 e. The molecule has 6 nitrogen and oxygen atoms in total. The molecular formula is C16H17ClN2O4. The van der Waals surface area contributed by atoms with Crippen LogP contribution in [0.4, 0.5) is 5.69 Å². The number of carbonyl (C=O) groups is 2. The summed E-state index contributed by atoms with van der Waals surface area (Å²) in [5.41, 5.74) is -0.780. The molecule has 0 aliphatic heterocycles. The van der Waals surface area contributed by atoms with Gasteiger partial charge in [-0.05, 0) is 43.9 Å². The molecule has 1 saturated carbocycles. The van der Waals surface area contributed by atoms with Crippen molar-refractivity contribution in [2.45, 2.75) is 37.7 Å². The van der Waals surface area contributed by atoms with Crippen molar-refractivity contribution < 1.29 is 19.4 Å². The van der Waals surface area contributed by atoms with Gasteiger partial charge in [0.05, 0.1) is 10.6 Å². The Morgan fingerprint density at radius 3 is 2.65 bits per heavy atom. The Kier molecular flexibility index (Phi) is 5.59. The second kappa shape index (κ2) is 7.44. The zero-order chi connectivity index (χ0) is 16.9. The van der Waals surface area contributed by atoms with Crippen LogP contribution in [-0.2, 0) is 14.3 Å². The summed E-state index contributed by atoms with van der Waals surface area (Å²) in [7, 11) is 0. The van der Waals surface area contributed by atoms with Crippen molar-refractivity contribution in [3.63, 3.8) is 0 Å². The largest absolute Gasteiger partial charge is 0.453 e. The first-order valence-electron chi connectivity index (χ1n) is 7.34. The number of rotatable bonds is 4. The van der Waals surface area contributed by atoms with Gasteiger partial charge in [-0.1, -0.05) is 18.0 Å². The van der Waals surface area contributed by atoms with Crippen LogP contribution in [0.3, 0.4) is 0 Å². The number of hydrogen-bond donors (Lipinski definition) is 2. The first-order valence-corrected chi connectivity index (χ1v) is 7.71. The van der Waals surface area contributed by atoms with Gasteiger partial charge in [0.1, 0.15) is 6.07 Å². The molecule has 0 atom stereocenters. The molecule has 1 aliphatic rings. The zero-order valence-electron chi connectivity index (χ0n) is 12.5. The average molecular weight is 337 g/mol. The number of amides is 1. The molecule has 1 fully saturated rings. The van der Waals surface area contributed by atoms with E-state index >= 15 is 0 Å². The second-order valence-electron chi connectivity index (χ2n) is 5.52. The predicted octanol–water partition coefficient (Wildman–Crippen LogP) is 2.39. The summed E-state index contributed by atoms with van der Waals surface area (Å²) in [6.07, 6.45) is 3.23. The maximum absolute atomic E-state index is 11.9. The second-order valence-corrected chi connectivity index (χ2v) is 5.93. The van der Waals surface area contributed by atoms with Gasteiger partial charge in [-0.25, -0.2) is 4.79 Å². The number of carbonyl (C=O) groups excluding carboxylic acids is 2. The molecule has 0 spiro atoms. The van der Waals surface area contributed by atoms with E-state index in [2.05, 4.69) is 5.32 Å². The molecule has 122 valence electrons. The highest BCUT2D eigenvalue weighted by atomic mass is 35.5. The van der Waals surface area contributed by atoms with E-state index in [1.54, 1.807) is 0 Å². The van der Waals surface area contributed by atoms with Gasteiger partial charge in [-0.2, -0.15) is 5.26 Å². The third-order valence-electron chi connectivity index (χ3n) is 3.77.